The molecule has 0 spiro atoms. The summed E-state index contributed by atoms with van der Waals surface area (Å²) in [7, 11) is 0. The van der Waals surface area contributed by atoms with E-state index < -0.39 is 0 Å². The first-order valence-corrected chi connectivity index (χ1v) is 9.19. The summed E-state index contributed by atoms with van der Waals surface area (Å²) < 4.78 is 0. The molecule has 1 amide bonds. The van der Waals surface area contributed by atoms with Crippen LogP contribution in [0, 0.1) is 11.8 Å². The van der Waals surface area contributed by atoms with Gasteiger partial charge in [0.2, 0.25) is 5.95 Å². The fourth-order valence-electron chi connectivity index (χ4n) is 3.94. The van der Waals surface area contributed by atoms with E-state index in [1.807, 2.05) is 18.7 Å². The number of aromatic nitrogens is 2. The van der Waals surface area contributed by atoms with Crippen LogP contribution in [0.2, 0.25) is 0 Å². The van der Waals surface area contributed by atoms with Gasteiger partial charge in [0.15, 0.2) is 0 Å². The van der Waals surface area contributed by atoms with Crippen LogP contribution >= 0.6 is 0 Å². The van der Waals surface area contributed by atoms with Crippen molar-refractivity contribution in [1.29, 1.82) is 0 Å². The van der Waals surface area contributed by atoms with E-state index in [0.717, 1.165) is 56.6 Å². The normalized spacial score (nSPS) is 20.5. The van der Waals surface area contributed by atoms with E-state index in [4.69, 9.17) is 5.73 Å². The van der Waals surface area contributed by atoms with Crippen molar-refractivity contribution in [2.45, 2.75) is 45.4 Å². The number of nitrogens with two attached hydrogens (primary N) is 1. The molecule has 0 aromatic carbocycles. The van der Waals surface area contributed by atoms with E-state index in [1.54, 1.807) is 6.07 Å². The van der Waals surface area contributed by atoms with Gasteiger partial charge in [0, 0.05) is 18.8 Å². The Hall–Kier alpha value is -1.69. The van der Waals surface area contributed by atoms with Gasteiger partial charge in [0.25, 0.3) is 5.91 Å². The number of hydrogen-bond donors (Lipinski definition) is 2. The molecule has 6 nitrogen and oxygen atoms in total. The van der Waals surface area contributed by atoms with Gasteiger partial charge in [-0.15, -0.1) is 0 Å². The average molecular weight is 331 g/mol. The quantitative estimate of drug-likeness (QED) is 0.885. The molecular formula is C18H29N5O. The van der Waals surface area contributed by atoms with Crippen molar-refractivity contribution < 1.29 is 4.79 Å². The summed E-state index contributed by atoms with van der Waals surface area (Å²) in [5.41, 5.74) is 7.05. The molecule has 1 aromatic heterocycles. The Morgan fingerprint density at radius 1 is 1.17 bits per heavy atom. The molecule has 2 aliphatic heterocycles. The number of hydrogen-bond acceptors (Lipinski definition) is 5. The second-order valence-corrected chi connectivity index (χ2v) is 7.41. The predicted octanol–water partition coefficient (Wildman–Crippen LogP) is 2.03. The zero-order valence-electron chi connectivity index (χ0n) is 14.8. The Kier molecular flexibility index (Phi) is 5.33. The number of rotatable bonds is 3. The van der Waals surface area contributed by atoms with Gasteiger partial charge in [0.05, 0.1) is 0 Å². The minimum Gasteiger partial charge on any atom is -0.368 e. The van der Waals surface area contributed by atoms with Crippen molar-refractivity contribution in [3.05, 3.63) is 17.5 Å². The van der Waals surface area contributed by atoms with Crippen LogP contribution < -0.4 is 11.1 Å². The Labute approximate surface area is 144 Å². The molecule has 0 aliphatic carbocycles. The van der Waals surface area contributed by atoms with Crippen LogP contribution in [0.5, 0.6) is 0 Å². The lowest BCUT2D eigenvalue weighted by atomic mass is 9.79. The third-order valence-corrected chi connectivity index (χ3v) is 5.45. The first kappa shape index (κ1) is 17.1. The summed E-state index contributed by atoms with van der Waals surface area (Å²) in [4.78, 5) is 23.1. The van der Waals surface area contributed by atoms with Crippen LogP contribution in [-0.4, -0.2) is 47.0 Å². The molecule has 0 bridgehead atoms. The summed E-state index contributed by atoms with van der Waals surface area (Å²) in [6.45, 7) is 8.02. The van der Waals surface area contributed by atoms with Crippen molar-refractivity contribution in [3.8, 4) is 0 Å². The van der Waals surface area contributed by atoms with Gasteiger partial charge < -0.3 is 16.0 Å². The minimum atomic E-state index is -0.00485. The third-order valence-electron chi connectivity index (χ3n) is 5.45. The number of anilines is 1. The number of carbonyl (C=O) groups excluding carboxylic acids is 1. The minimum absolute atomic E-state index is 0.00485. The number of piperidine rings is 2. The average Bonchev–Trinajstić information content (AvgIpc) is 2.61. The number of carbonyl (C=O) groups is 1. The number of nitrogens with zero attached hydrogens (tertiary/aromatic N) is 3. The molecule has 0 atom stereocenters. The number of amides is 1. The first-order chi connectivity index (χ1) is 11.5. The Morgan fingerprint density at radius 3 is 2.42 bits per heavy atom. The lowest BCUT2D eigenvalue weighted by Crippen LogP contribution is -2.42. The topological polar surface area (TPSA) is 84.1 Å². The summed E-state index contributed by atoms with van der Waals surface area (Å²) in [6, 6.07) is 1.79. The zero-order chi connectivity index (χ0) is 17.1. The highest BCUT2D eigenvalue weighted by Crippen LogP contribution is 2.31. The molecule has 1 aromatic rings. The molecule has 3 heterocycles. The maximum absolute atomic E-state index is 12.8. The van der Waals surface area contributed by atoms with Gasteiger partial charge in [-0.2, -0.15) is 0 Å². The molecule has 0 unspecified atom stereocenters. The van der Waals surface area contributed by atoms with E-state index in [9.17, 15) is 4.79 Å². The van der Waals surface area contributed by atoms with Gasteiger partial charge in [0.1, 0.15) is 5.69 Å². The number of likely N-dealkylation sites (tertiary alicyclic amines) is 1. The molecule has 2 saturated heterocycles. The molecular weight excluding hydrogens is 302 g/mol. The predicted molar refractivity (Wildman–Crippen MR) is 94.8 cm³/mol. The van der Waals surface area contributed by atoms with E-state index >= 15 is 0 Å². The van der Waals surface area contributed by atoms with E-state index in [-0.39, 0.29) is 17.8 Å². The second kappa shape index (κ2) is 7.47. The molecule has 2 aliphatic rings. The standard InChI is InChI=1S/C18H29N5O/c1-12(2)15-11-16(22-18(19)21-15)17(24)23-9-5-14(6-10-23)13-3-7-20-8-4-13/h11-14,20H,3-10H2,1-2H3,(H2,19,21,22). The third kappa shape index (κ3) is 3.86. The summed E-state index contributed by atoms with van der Waals surface area (Å²) in [5.74, 6) is 2.00. The monoisotopic (exact) mass is 331 g/mol. The SMILES string of the molecule is CC(C)c1cc(C(=O)N2CCC(C3CCNCC3)CC2)nc(N)n1. The van der Waals surface area contributed by atoms with Gasteiger partial charge in [-0.3, -0.25) is 4.79 Å². The van der Waals surface area contributed by atoms with Gasteiger partial charge in [-0.1, -0.05) is 13.8 Å². The summed E-state index contributed by atoms with van der Waals surface area (Å²) >= 11 is 0. The van der Waals surface area contributed by atoms with Gasteiger partial charge >= 0.3 is 0 Å². The molecule has 24 heavy (non-hydrogen) atoms. The van der Waals surface area contributed by atoms with E-state index in [0.29, 0.717) is 5.69 Å². The van der Waals surface area contributed by atoms with Gasteiger partial charge in [-0.25, -0.2) is 9.97 Å². The smallest absolute Gasteiger partial charge is 0.272 e. The zero-order valence-corrected chi connectivity index (χ0v) is 14.8. The molecule has 132 valence electrons. The highest BCUT2D eigenvalue weighted by Gasteiger charge is 2.30. The van der Waals surface area contributed by atoms with Crippen LogP contribution in [-0.2, 0) is 0 Å². The van der Waals surface area contributed by atoms with E-state index in [1.165, 1.54) is 12.8 Å². The highest BCUT2D eigenvalue weighted by molar-refractivity contribution is 5.92. The van der Waals surface area contributed by atoms with Crippen molar-refractivity contribution >= 4 is 11.9 Å². The lowest BCUT2D eigenvalue weighted by Gasteiger charge is -2.37. The van der Waals surface area contributed by atoms with Crippen LogP contribution in [0.4, 0.5) is 5.95 Å². The molecule has 2 fully saturated rings. The number of nitrogens with one attached hydrogen (secondary N) is 1. The van der Waals surface area contributed by atoms with Crippen molar-refractivity contribution in [2.75, 3.05) is 31.9 Å². The van der Waals surface area contributed by atoms with E-state index in [2.05, 4.69) is 15.3 Å². The largest absolute Gasteiger partial charge is 0.368 e. The Morgan fingerprint density at radius 2 is 1.79 bits per heavy atom. The van der Waals surface area contributed by atoms with Crippen LogP contribution in [0.1, 0.15) is 61.6 Å². The maximum atomic E-state index is 12.8. The van der Waals surface area contributed by atoms with Crippen molar-refractivity contribution in [3.63, 3.8) is 0 Å². The van der Waals surface area contributed by atoms with Crippen molar-refractivity contribution in [2.24, 2.45) is 11.8 Å². The Balaban J connectivity index is 1.62. The van der Waals surface area contributed by atoms with Gasteiger partial charge in [-0.05, 0) is 62.6 Å². The summed E-state index contributed by atoms with van der Waals surface area (Å²) in [5, 5.41) is 3.43. The molecule has 0 radical (unpaired) electrons. The lowest BCUT2D eigenvalue weighted by molar-refractivity contribution is 0.0636. The summed E-state index contributed by atoms with van der Waals surface area (Å²) in [6.07, 6.45) is 4.76. The van der Waals surface area contributed by atoms with Crippen molar-refractivity contribution in [1.82, 2.24) is 20.2 Å². The first-order valence-electron chi connectivity index (χ1n) is 9.19. The molecule has 6 heteroatoms. The fraction of sp³-hybridized carbons (Fsp3) is 0.722. The molecule has 3 rings (SSSR count). The molecule has 0 saturated carbocycles. The van der Waals surface area contributed by atoms with Crippen LogP contribution in [0.25, 0.3) is 0 Å². The highest BCUT2D eigenvalue weighted by atomic mass is 16.2. The maximum Gasteiger partial charge on any atom is 0.272 e. The Bertz CT molecular complexity index is 575. The van der Waals surface area contributed by atoms with Crippen LogP contribution in [0.15, 0.2) is 6.07 Å². The number of nitrogen functional groups attached to an aromatic ring is 1. The fourth-order valence-corrected chi connectivity index (χ4v) is 3.94. The second-order valence-electron chi connectivity index (χ2n) is 7.41. The van der Waals surface area contributed by atoms with Crippen LogP contribution in [0.3, 0.4) is 0 Å². The molecule has 3 N–H and O–H groups in total.